The molecule has 0 bridgehead atoms. The molecule has 1 atom stereocenters. The highest BCUT2D eigenvalue weighted by Crippen LogP contribution is 2.33. The summed E-state index contributed by atoms with van der Waals surface area (Å²) >= 11 is 0. The highest BCUT2D eigenvalue weighted by Gasteiger charge is 2.37. The number of nitrogens with two attached hydrogens (primary N) is 1. The van der Waals surface area contributed by atoms with E-state index in [2.05, 4.69) is 16.8 Å². The zero-order chi connectivity index (χ0) is 17.3. The number of piperazine rings is 1. The first kappa shape index (κ1) is 16.5. The topological polar surface area (TPSA) is 87.9 Å². The van der Waals surface area contributed by atoms with E-state index < -0.39 is 0 Å². The van der Waals surface area contributed by atoms with Crippen molar-refractivity contribution in [3.8, 4) is 0 Å². The van der Waals surface area contributed by atoms with Gasteiger partial charge >= 0.3 is 0 Å². The second kappa shape index (κ2) is 6.62. The van der Waals surface area contributed by atoms with Gasteiger partial charge in [0, 0.05) is 25.0 Å². The van der Waals surface area contributed by atoms with E-state index >= 15 is 0 Å². The van der Waals surface area contributed by atoms with E-state index in [-0.39, 0.29) is 23.9 Å². The quantitative estimate of drug-likeness (QED) is 0.624. The Kier molecular flexibility index (Phi) is 4.55. The molecule has 3 N–H and O–H groups in total. The fourth-order valence-corrected chi connectivity index (χ4v) is 3.04. The molecule has 0 saturated carbocycles. The van der Waals surface area contributed by atoms with E-state index in [0.29, 0.717) is 37.7 Å². The zero-order valence-electron chi connectivity index (χ0n) is 13.7. The van der Waals surface area contributed by atoms with Crippen LogP contribution in [-0.4, -0.2) is 61.0 Å². The second-order valence-corrected chi connectivity index (χ2v) is 6.18. The molecule has 2 heterocycles. The third-order valence-corrected chi connectivity index (χ3v) is 4.62. The molecule has 24 heavy (non-hydrogen) atoms. The summed E-state index contributed by atoms with van der Waals surface area (Å²) in [4.78, 5) is 28.0. The summed E-state index contributed by atoms with van der Waals surface area (Å²) in [5, 5.41) is 2.79. The van der Waals surface area contributed by atoms with Crippen LogP contribution in [0.15, 0.2) is 30.9 Å². The summed E-state index contributed by atoms with van der Waals surface area (Å²) in [6, 6.07) is 5.48. The minimum atomic E-state index is -0.309. The minimum absolute atomic E-state index is 0.0518. The summed E-state index contributed by atoms with van der Waals surface area (Å²) in [7, 11) is 1.79. The van der Waals surface area contributed by atoms with Crippen LogP contribution < -0.4 is 11.1 Å². The largest absolute Gasteiger partial charge is 0.399 e. The third kappa shape index (κ3) is 3.13. The minimum Gasteiger partial charge on any atom is -0.399 e. The van der Waals surface area contributed by atoms with Gasteiger partial charge in [-0.3, -0.25) is 14.5 Å². The predicted molar refractivity (Wildman–Crippen MR) is 91.4 cm³/mol. The molecule has 3 rings (SSSR count). The summed E-state index contributed by atoms with van der Waals surface area (Å²) in [5.74, 6) is -0.258. The number of likely N-dealkylation sites (N-methyl/N-ethyl adjacent to an activating group) is 1. The Bertz CT molecular complexity index is 672. The molecule has 1 aromatic carbocycles. The van der Waals surface area contributed by atoms with E-state index in [1.54, 1.807) is 24.1 Å². The lowest BCUT2D eigenvalue weighted by atomic mass is 9.98. The number of rotatable bonds is 4. The molecule has 2 saturated heterocycles. The Morgan fingerprint density at radius 2 is 2.21 bits per heavy atom. The van der Waals surface area contributed by atoms with Gasteiger partial charge in [-0.15, -0.1) is 0 Å². The highest BCUT2D eigenvalue weighted by atomic mass is 16.5. The summed E-state index contributed by atoms with van der Waals surface area (Å²) in [6.07, 6.45) is 1.21. The van der Waals surface area contributed by atoms with Gasteiger partial charge in [0.05, 0.1) is 31.8 Å². The van der Waals surface area contributed by atoms with E-state index in [1.165, 1.54) is 6.08 Å². The van der Waals surface area contributed by atoms with Crippen LogP contribution in [0.25, 0.3) is 0 Å². The molecule has 0 aliphatic carbocycles. The van der Waals surface area contributed by atoms with Crippen LogP contribution in [0.5, 0.6) is 0 Å². The molecule has 7 nitrogen and oxygen atoms in total. The maximum atomic E-state index is 12.4. The van der Waals surface area contributed by atoms with Crippen molar-refractivity contribution in [2.24, 2.45) is 0 Å². The van der Waals surface area contributed by atoms with Crippen molar-refractivity contribution in [3.05, 3.63) is 36.4 Å². The fourth-order valence-electron chi connectivity index (χ4n) is 3.04. The molecular weight excluding hydrogens is 308 g/mol. The number of hydrogen-bond acceptors (Lipinski definition) is 5. The second-order valence-electron chi connectivity index (χ2n) is 6.18. The molecule has 1 aromatic rings. The Morgan fingerprint density at radius 3 is 2.83 bits per heavy atom. The van der Waals surface area contributed by atoms with Gasteiger partial charge in [0.2, 0.25) is 11.8 Å². The maximum Gasteiger partial charge on any atom is 0.247 e. The number of nitrogens with one attached hydrogen (secondary N) is 1. The molecule has 128 valence electrons. The molecule has 2 aliphatic rings. The van der Waals surface area contributed by atoms with Crippen LogP contribution in [0.1, 0.15) is 11.6 Å². The Hall–Kier alpha value is -2.38. The van der Waals surface area contributed by atoms with Gasteiger partial charge in [-0.05, 0) is 23.8 Å². The van der Waals surface area contributed by atoms with Gasteiger partial charge in [-0.1, -0.05) is 12.6 Å². The highest BCUT2D eigenvalue weighted by molar-refractivity contribution is 5.99. The average Bonchev–Trinajstić information content (AvgIpc) is 2.49. The summed E-state index contributed by atoms with van der Waals surface area (Å²) in [6.45, 7) is 5.87. The lowest BCUT2D eigenvalue weighted by molar-refractivity contribution is -0.146. The standard InChI is InChI=1S/C17H22N4O3/c1-3-16(22)19-14-6-11(18)4-5-13(14)15-7-21(12-9-24-10-12)8-17(23)20(15)2/h3-6,12,15H,1,7-10,18H2,2H3,(H,19,22). The van der Waals surface area contributed by atoms with Crippen molar-refractivity contribution < 1.29 is 14.3 Å². The van der Waals surface area contributed by atoms with Crippen LogP contribution in [0, 0.1) is 0 Å². The van der Waals surface area contributed by atoms with Gasteiger partial charge in [0.15, 0.2) is 0 Å². The van der Waals surface area contributed by atoms with Crippen molar-refractivity contribution in [2.75, 3.05) is 44.4 Å². The van der Waals surface area contributed by atoms with Crippen LogP contribution in [-0.2, 0) is 14.3 Å². The van der Waals surface area contributed by atoms with Gasteiger partial charge < -0.3 is 20.7 Å². The number of nitrogen functional groups attached to an aromatic ring is 1. The number of anilines is 2. The van der Waals surface area contributed by atoms with Gasteiger partial charge in [0.25, 0.3) is 0 Å². The van der Waals surface area contributed by atoms with Crippen LogP contribution in [0.2, 0.25) is 0 Å². The molecule has 0 spiro atoms. The Morgan fingerprint density at radius 1 is 1.46 bits per heavy atom. The van der Waals surface area contributed by atoms with Crippen LogP contribution in [0.4, 0.5) is 11.4 Å². The monoisotopic (exact) mass is 330 g/mol. The number of carbonyl (C=O) groups excluding carboxylic acids is 2. The zero-order valence-corrected chi connectivity index (χ0v) is 13.7. The lowest BCUT2D eigenvalue weighted by Crippen LogP contribution is -2.58. The Labute approximate surface area is 141 Å². The third-order valence-electron chi connectivity index (χ3n) is 4.62. The molecule has 2 fully saturated rings. The normalized spacial score (nSPS) is 22.1. The molecule has 0 radical (unpaired) electrons. The first-order valence-corrected chi connectivity index (χ1v) is 7.90. The Balaban J connectivity index is 1.91. The number of ether oxygens (including phenoxy) is 1. The van der Waals surface area contributed by atoms with Gasteiger partial charge in [0.1, 0.15) is 0 Å². The number of nitrogens with zero attached hydrogens (tertiary/aromatic N) is 2. The summed E-state index contributed by atoms with van der Waals surface area (Å²) in [5.41, 5.74) is 7.87. The van der Waals surface area contributed by atoms with E-state index in [1.807, 2.05) is 6.07 Å². The number of amides is 2. The molecular formula is C17H22N4O3. The van der Waals surface area contributed by atoms with E-state index in [0.717, 1.165) is 5.56 Å². The first-order chi connectivity index (χ1) is 11.5. The first-order valence-electron chi connectivity index (χ1n) is 7.90. The average molecular weight is 330 g/mol. The van der Waals surface area contributed by atoms with Crippen LogP contribution >= 0.6 is 0 Å². The van der Waals surface area contributed by atoms with E-state index in [4.69, 9.17) is 10.5 Å². The van der Waals surface area contributed by atoms with Gasteiger partial charge in [-0.2, -0.15) is 0 Å². The van der Waals surface area contributed by atoms with E-state index in [9.17, 15) is 9.59 Å². The van der Waals surface area contributed by atoms with Crippen molar-refractivity contribution in [2.45, 2.75) is 12.1 Å². The molecule has 2 amide bonds. The lowest BCUT2D eigenvalue weighted by Gasteiger charge is -2.45. The number of carbonyl (C=O) groups is 2. The fraction of sp³-hybridized carbons (Fsp3) is 0.412. The van der Waals surface area contributed by atoms with Crippen molar-refractivity contribution in [3.63, 3.8) is 0 Å². The summed E-state index contributed by atoms with van der Waals surface area (Å²) < 4.78 is 5.25. The van der Waals surface area contributed by atoms with Gasteiger partial charge in [-0.25, -0.2) is 0 Å². The van der Waals surface area contributed by atoms with Crippen LogP contribution in [0.3, 0.4) is 0 Å². The van der Waals surface area contributed by atoms with Crippen molar-refractivity contribution in [1.29, 1.82) is 0 Å². The maximum absolute atomic E-state index is 12.4. The predicted octanol–water partition coefficient (Wildman–Crippen LogP) is 0.607. The smallest absolute Gasteiger partial charge is 0.247 e. The van der Waals surface area contributed by atoms with Crippen molar-refractivity contribution >= 4 is 23.2 Å². The number of benzene rings is 1. The molecule has 0 aromatic heterocycles. The number of hydrogen-bond donors (Lipinski definition) is 2. The van der Waals surface area contributed by atoms with Crippen molar-refractivity contribution in [1.82, 2.24) is 9.80 Å². The SMILES string of the molecule is C=CC(=O)Nc1cc(N)ccc1C1CN(C2COC2)CC(=O)N1C. The molecule has 1 unspecified atom stereocenters. The molecule has 2 aliphatic heterocycles. The molecule has 7 heteroatoms.